The van der Waals surface area contributed by atoms with E-state index >= 15 is 0 Å². The van der Waals surface area contributed by atoms with Crippen molar-refractivity contribution >= 4 is 29.0 Å². The summed E-state index contributed by atoms with van der Waals surface area (Å²) >= 11 is 3.79. The summed E-state index contributed by atoms with van der Waals surface area (Å²) in [7, 11) is 0. The number of hydrogen-bond acceptors (Lipinski definition) is 6. The molecule has 1 spiro atoms. The van der Waals surface area contributed by atoms with Gasteiger partial charge in [-0.1, -0.05) is 0 Å². The Morgan fingerprint density at radius 3 is 2.92 bits per heavy atom. The van der Waals surface area contributed by atoms with E-state index in [2.05, 4.69) is 22.2 Å². The van der Waals surface area contributed by atoms with Crippen LogP contribution in [0.5, 0.6) is 0 Å². The van der Waals surface area contributed by atoms with Gasteiger partial charge in [0.1, 0.15) is 11.6 Å². The number of ether oxygens (including phenoxy) is 1. The van der Waals surface area contributed by atoms with E-state index in [1.165, 1.54) is 5.01 Å². The molecule has 24 heavy (non-hydrogen) atoms. The normalized spacial score (nSPS) is 26.2. The number of thiazole rings is 1. The second-order valence-corrected chi connectivity index (χ2v) is 9.68. The van der Waals surface area contributed by atoms with Crippen LogP contribution in [0.4, 0.5) is 0 Å². The van der Waals surface area contributed by atoms with Gasteiger partial charge in [-0.05, 0) is 26.2 Å². The summed E-state index contributed by atoms with van der Waals surface area (Å²) in [5, 5.41) is 3.34. The molecule has 0 aromatic carbocycles. The van der Waals surface area contributed by atoms with Crippen LogP contribution in [0.15, 0.2) is 5.38 Å². The number of hydrogen-bond donors (Lipinski definition) is 0. The largest absolute Gasteiger partial charge is 0.367 e. The van der Waals surface area contributed by atoms with Crippen molar-refractivity contribution in [1.29, 1.82) is 0 Å². The number of carbonyl (C=O) groups is 1. The summed E-state index contributed by atoms with van der Waals surface area (Å²) in [6, 6.07) is 0. The molecule has 0 unspecified atom stereocenters. The van der Waals surface area contributed by atoms with Crippen LogP contribution in [0.25, 0.3) is 0 Å². The third-order valence-electron chi connectivity index (χ3n) is 5.13. The van der Waals surface area contributed by atoms with Crippen molar-refractivity contribution in [1.82, 2.24) is 14.8 Å². The lowest BCUT2D eigenvalue weighted by atomic mass is 9.93. The van der Waals surface area contributed by atoms with Gasteiger partial charge < -0.3 is 9.64 Å². The van der Waals surface area contributed by atoms with E-state index in [1.807, 2.05) is 16.7 Å². The summed E-state index contributed by atoms with van der Waals surface area (Å²) in [4.78, 5) is 21.1. The fourth-order valence-corrected chi connectivity index (χ4v) is 6.34. The Kier molecular flexibility index (Phi) is 4.86. The number of rotatable bonds is 5. The molecule has 4 heterocycles. The van der Waals surface area contributed by atoms with Gasteiger partial charge in [0.15, 0.2) is 0 Å². The zero-order valence-corrected chi connectivity index (χ0v) is 15.8. The molecule has 0 N–H and O–H groups in total. The maximum Gasteiger partial charge on any atom is 0.248 e. The predicted octanol–water partition coefficient (Wildman–Crippen LogP) is 2.15. The van der Waals surface area contributed by atoms with Gasteiger partial charge >= 0.3 is 0 Å². The van der Waals surface area contributed by atoms with E-state index in [-0.39, 0.29) is 18.6 Å². The zero-order valence-electron chi connectivity index (χ0n) is 14.2. The van der Waals surface area contributed by atoms with Crippen molar-refractivity contribution in [3.63, 3.8) is 0 Å². The van der Waals surface area contributed by atoms with Gasteiger partial charge in [-0.2, -0.15) is 0 Å². The molecule has 0 bridgehead atoms. The van der Waals surface area contributed by atoms with Crippen LogP contribution < -0.4 is 0 Å². The summed E-state index contributed by atoms with van der Waals surface area (Å²) in [6.07, 6.45) is 3.61. The van der Waals surface area contributed by atoms with Gasteiger partial charge in [-0.15, -0.1) is 23.1 Å². The number of likely N-dealkylation sites (tertiary alicyclic amines) is 2. The smallest absolute Gasteiger partial charge is 0.248 e. The minimum atomic E-state index is 0.174. The first kappa shape index (κ1) is 16.8. The molecule has 0 aliphatic carbocycles. The first-order chi connectivity index (χ1) is 11.6. The monoisotopic (exact) mass is 367 g/mol. The topological polar surface area (TPSA) is 45.7 Å². The molecule has 0 saturated carbocycles. The molecule has 3 aliphatic heterocycles. The summed E-state index contributed by atoms with van der Waals surface area (Å²) in [5.41, 5.74) is 1.12. The molecular formula is C17H25N3O2S2. The molecular weight excluding hydrogens is 342 g/mol. The van der Waals surface area contributed by atoms with Crippen LogP contribution >= 0.6 is 23.1 Å². The summed E-state index contributed by atoms with van der Waals surface area (Å²) in [6.45, 7) is 7.36. The second kappa shape index (κ2) is 6.94. The third kappa shape index (κ3) is 3.64. The molecule has 1 aromatic heterocycles. The standard InChI is InChI=1S/C17H25N3O2S2/c1-13-9-23-15(18-13)7-19-11-17(12-19)6-14(10-24-17)22-8-16(21)20-4-2-3-5-20/h9,14H,2-8,10-12H2,1H3/t14-/m0/s1. The minimum Gasteiger partial charge on any atom is -0.367 e. The van der Waals surface area contributed by atoms with E-state index in [0.29, 0.717) is 4.75 Å². The predicted molar refractivity (Wildman–Crippen MR) is 97.5 cm³/mol. The average molecular weight is 368 g/mol. The van der Waals surface area contributed by atoms with Crippen LogP contribution in [-0.4, -0.2) is 70.1 Å². The first-order valence-corrected chi connectivity index (χ1v) is 10.7. The van der Waals surface area contributed by atoms with E-state index in [1.54, 1.807) is 11.3 Å². The molecule has 132 valence electrons. The van der Waals surface area contributed by atoms with Crippen molar-refractivity contribution in [2.75, 3.05) is 38.5 Å². The van der Waals surface area contributed by atoms with Crippen LogP contribution in [0.3, 0.4) is 0 Å². The molecule has 0 radical (unpaired) electrons. The van der Waals surface area contributed by atoms with Crippen molar-refractivity contribution in [2.24, 2.45) is 0 Å². The fourth-order valence-electron chi connectivity index (χ4n) is 3.92. The fraction of sp³-hybridized carbons (Fsp3) is 0.765. The van der Waals surface area contributed by atoms with Crippen molar-refractivity contribution < 1.29 is 9.53 Å². The number of nitrogens with zero attached hydrogens (tertiary/aromatic N) is 3. The van der Waals surface area contributed by atoms with Crippen molar-refractivity contribution in [2.45, 2.75) is 43.6 Å². The van der Waals surface area contributed by atoms with Crippen LogP contribution in [0.2, 0.25) is 0 Å². The van der Waals surface area contributed by atoms with Gasteiger partial charge in [-0.25, -0.2) is 4.98 Å². The first-order valence-electron chi connectivity index (χ1n) is 8.79. The molecule has 3 saturated heterocycles. The molecule has 3 aliphatic rings. The van der Waals surface area contributed by atoms with Crippen molar-refractivity contribution in [3.05, 3.63) is 16.1 Å². The second-order valence-electron chi connectivity index (χ2n) is 7.25. The Bertz CT molecular complexity index is 594. The Hall–Kier alpha value is -0.630. The molecule has 5 nitrogen and oxygen atoms in total. The molecule has 7 heteroatoms. The maximum atomic E-state index is 12.1. The summed E-state index contributed by atoms with van der Waals surface area (Å²) < 4.78 is 6.28. The Morgan fingerprint density at radius 1 is 1.42 bits per heavy atom. The quantitative estimate of drug-likeness (QED) is 0.798. The van der Waals surface area contributed by atoms with E-state index in [4.69, 9.17) is 4.74 Å². The lowest BCUT2D eigenvalue weighted by molar-refractivity contribution is -0.136. The van der Waals surface area contributed by atoms with Gasteiger partial charge in [0.2, 0.25) is 5.91 Å². The maximum absolute atomic E-state index is 12.1. The Morgan fingerprint density at radius 2 is 2.21 bits per heavy atom. The average Bonchev–Trinajstić information content (AvgIpc) is 3.25. The molecule has 4 rings (SSSR count). The molecule has 1 amide bonds. The van der Waals surface area contributed by atoms with Crippen LogP contribution in [0, 0.1) is 6.92 Å². The molecule has 3 fully saturated rings. The van der Waals surface area contributed by atoms with E-state index in [9.17, 15) is 4.79 Å². The highest BCUT2D eigenvalue weighted by Crippen LogP contribution is 2.46. The van der Waals surface area contributed by atoms with Crippen molar-refractivity contribution in [3.8, 4) is 0 Å². The Labute approximate surface area is 151 Å². The number of carbonyl (C=O) groups excluding carboxylic acids is 1. The minimum absolute atomic E-state index is 0.174. The van der Waals surface area contributed by atoms with Gasteiger partial charge in [0.05, 0.1) is 12.6 Å². The number of thioether (sulfide) groups is 1. The molecule has 1 aromatic rings. The SMILES string of the molecule is Cc1csc(CN2CC3(C[C@H](OCC(=O)N4CCCC4)CS3)C2)n1. The van der Waals surface area contributed by atoms with Gasteiger partial charge in [-0.3, -0.25) is 9.69 Å². The zero-order chi connectivity index (χ0) is 16.6. The van der Waals surface area contributed by atoms with Crippen LogP contribution in [-0.2, 0) is 16.1 Å². The van der Waals surface area contributed by atoms with Crippen LogP contribution in [0.1, 0.15) is 30.0 Å². The number of aryl methyl sites for hydroxylation is 1. The highest BCUT2D eigenvalue weighted by molar-refractivity contribution is 8.01. The highest BCUT2D eigenvalue weighted by atomic mass is 32.2. The molecule has 1 atom stereocenters. The van der Waals surface area contributed by atoms with Gasteiger partial charge in [0, 0.05) is 47.8 Å². The number of aromatic nitrogens is 1. The van der Waals surface area contributed by atoms with E-state index < -0.39 is 0 Å². The third-order valence-corrected chi connectivity index (χ3v) is 7.65. The number of amides is 1. The van der Waals surface area contributed by atoms with E-state index in [0.717, 1.165) is 63.4 Å². The lowest BCUT2D eigenvalue weighted by Crippen LogP contribution is -2.58. The van der Waals surface area contributed by atoms with Gasteiger partial charge in [0.25, 0.3) is 0 Å². The summed E-state index contributed by atoms with van der Waals surface area (Å²) in [5.74, 6) is 1.20. The lowest BCUT2D eigenvalue weighted by Gasteiger charge is -2.47. The Balaban J connectivity index is 1.19. The highest BCUT2D eigenvalue weighted by Gasteiger charge is 2.49.